The highest BCUT2D eigenvalue weighted by Gasteiger charge is 2.21. The maximum atomic E-state index is 13.0. The Morgan fingerprint density at radius 1 is 1.28 bits per heavy atom. The molecular formula is C10H8BrF3N4. The molecule has 0 aliphatic carbocycles. The predicted molar refractivity (Wildman–Crippen MR) is 61.9 cm³/mol. The summed E-state index contributed by atoms with van der Waals surface area (Å²) in [4.78, 5) is 4.11. The summed E-state index contributed by atoms with van der Waals surface area (Å²) in [5.41, 5.74) is 0.434. The maximum Gasteiger partial charge on any atom is 0.271 e. The fourth-order valence-corrected chi connectivity index (χ4v) is 1.73. The van der Waals surface area contributed by atoms with Crippen LogP contribution >= 0.6 is 15.9 Å². The molecule has 2 rings (SSSR count). The summed E-state index contributed by atoms with van der Waals surface area (Å²) in [6, 6.07) is 5.06. The first-order valence-corrected chi connectivity index (χ1v) is 5.80. The van der Waals surface area contributed by atoms with Crippen LogP contribution in [0.3, 0.4) is 0 Å². The molecule has 1 unspecified atom stereocenters. The minimum Gasteiger partial charge on any atom is -0.309 e. The number of aromatic nitrogens is 4. The second-order valence-corrected chi connectivity index (χ2v) is 4.32. The highest BCUT2D eigenvalue weighted by molar-refractivity contribution is 9.10. The van der Waals surface area contributed by atoms with Gasteiger partial charge in [-0.05, 0) is 28.1 Å². The molecule has 0 saturated heterocycles. The third-order valence-electron chi connectivity index (χ3n) is 2.20. The molecule has 18 heavy (non-hydrogen) atoms. The fourth-order valence-electron chi connectivity index (χ4n) is 1.39. The van der Waals surface area contributed by atoms with Crippen LogP contribution in [0.1, 0.15) is 0 Å². The third kappa shape index (κ3) is 2.87. The molecule has 0 saturated carbocycles. The minimum atomic E-state index is -3.03. The summed E-state index contributed by atoms with van der Waals surface area (Å²) < 4.78 is 39.1. The quantitative estimate of drug-likeness (QED) is 0.813. The number of nitrogens with zero attached hydrogens (tertiary/aromatic N) is 4. The molecule has 0 aliphatic rings. The van der Waals surface area contributed by atoms with Gasteiger partial charge < -0.3 is 4.57 Å². The average molecular weight is 321 g/mol. The van der Waals surface area contributed by atoms with Gasteiger partial charge in [0.15, 0.2) is 12.0 Å². The Morgan fingerprint density at radius 3 is 2.72 bits per heavy atom. The lowest BCUT2D eigenvalue weighted by molar-refractivity contribution is 0.0408. The van der Waals surface area contributed by atoms with Crippen molar-refractivity contribution in [2.45, 2.75) is 19.1 Å². The average Bonchev–Trinajstić information content (AvgIpc) is 2.77. The van der Waals surface area contributed by atoms with Crippen LogP contribution in [0.4, 0.5) is 13.2 Å². The van der Waals surface area contributed by atoms with E-state index in [4.69, 9.17) is 0 Å². The van der Waals surface area contributed by atoms with Crippen molar-refractivity contribution in [3.05, 3.63) is 29.1 Å². The molecule has 96 valence electrons. The van der Waals surface area contributed by atoms with Gasteiger partial charge in [0.05, 0.1) is 6.54 Å². The second kappa shape index (κ2) is 5.47. The maximum absolute atomic E-state index is 13.0. The van der Waals surface area contributed by atoms with Gasteiger partial charge in [0.2, 0.25) is 0 Å². The van der Waals surface area contributed by atoms with Crippen molar-refractivity contribution in [2.75, 3.05) is 0 Å². The van der Waals surface area contributed by atoms with E-state index >= 15 is 0 Å². The molecule has 2 heterocycles. The summed E-state index contributed by atoms with van der Waals surface area (Å²) in [5.74, 6) is 0.250. The predicted octanol–water partition coefficient (Wildman–Crippen LogP) is 2.71. The molecule has 0 fully saturated rings. The molecule has 8 heteroatoms. The molecule has 0 aliphatic heterocycles. The first kappa shape index (κ1) is 13.0. The molecule has 0 spiro atoms. The Hall–Kier alpha value is -1.44. The van der Waals surface area contributed by atoms with Gasteiger partial charge in [-0.1, -0.05) is 6.07 Å². The molecule has 2 aromatic rings. The van der Waals surface area contributed by atoms with Crippen LogP contribution in [-0.4, -0.2) is 32.3 Å². The Bertz CT molecular complexity index is 531. The first-order valence-electron chi connectivity index (χ1n) is 5.01. The van der Waals surface area contributed by atoms with E-state index in [1.165, 1.54) is 10.9 Å². The van der Waals surface area contributed by atoms with E-state index < -0.39 is 19.1 Å². The lowest BCUT2D eigenvalue weighted by Gasteiger charge is -2.09. The van der Waals surface area contributed by atoms with Crippen LogP contribution < -0.4 is 0 Å². The first-order chi connectivity index (χ1) is 8.58. The van der Waals surface area contributed by atoms with Crippen molar-refractivity contribution in [3.63, 3.8) is 0 Å². The van der Waals surface area contributed by atoms with Gasteiger partial charge in [0.25, 0.3) is 6.43 Å². The summed E-state index contributed by atoms with van der Waals surface area (Å²) in [5, 5.41) is 7.34. The van der Waals surface area contributed by atoms with E-state index in [0.29, 0.717) is 10.3 Å². The smallest absolute Gasteiger partial charge is 0.271 e. The molecule has 2 aromatic heterocycles. The standard InChI is InChI=1S/C10H8BrF3N4/c11-8-3-1-2-7(16-8)10-17-15-5-18(10)4-6(12)9(13)14/h1-3,5-6,9H,4H2. The molecule has 0 bridgehead atoms. The Balaban J connectivity index is 2.28. The number of rotatable bonds is 4. The summed E-state index contributed by atoms with van der Waals surface area (Å²) in [6.45, 7) is -0.506. The monoisotopic (exact) mass is 320 g/mol. The number of pyridine rings is 1. The fraction of sp³-hybridized carbons (Fsp3) is 0.300. The Kier molecular flexibility index (Phi) is 3.95. The van der Waals surface area contributed by atoms with Crippen LogP contribution in [0.2, 0.25) is 0 Å². The summed E-state index contributed by atoms with van der Waals surface area (Å²) in [7, 11) is 0. The third-order valence-corrected chi connectivity index (χ3v) is 2.65. The zero-order valence-corrected chi connectivity index (χ0v) is 10.6. The molecular weight excluding hydrogens is 313 g/mol. The van der Waals surface area contributed by atoms with Crippen molar-refractivity contribution in [1.29, 1.82) is 0 Å². The van der Waals surface area contributed by atoms with Crippen molar-refractivity contribution in [1.82, 2.24) is 19.7 Å². The van der Waals surface area contributed by atoms with Crippen LogP contribution in [0.25, 0.3) is 11.5 Å². The van der Waals surface area contributed by atoms with Crippen LogP contribution in [0, 0.1) is 0 Å². The van der Waals surface area contributed by atoms with Crippen molar-refractivity contribution in [3.8, 4) is 11.5 Å². The molecule has 0 amide bonds. The Morgan fingerprint density at radius 2 is 2.06 bits per heavy atom. The van der Waals surface area contributed by atoms with Crippen LogP contribution in [0.15, 0.2) is 29.1 Å². The van der Waals surface area contributed by atoms with E-state index in [9.17, 15) is 13.2 Å². The van der Waals surface area contributed by atoms with Gasteiger partial charge in [0, 0.05) is 0 Å². The number of hydrogen-bond acceptors (Lipinski definition) is 3. The van der Waals surface area contributed by atoms with Gasteiger partial charge in [0.1, 0.15) is 16.6 Å². The van der Waals surface area contributed by atoms with E-state index in [1.807, 2.05) is 0 Å². The molecule has 4 nitrogen and oxygen atoms in total. The highest BCUT2D eigenvalue weighted by atomic mass is 79.9. The van der Waals surface area contributed by atoms with Crippen LogP contribution in [0.5, 0.6) is 0 Å². The zero-order valence-electron chi connectivity index (χ0n) is 8.97. The van der Waals surface area contributed by atoms with Crippen molar-refractivity contribution < 1.29 is 13.2 Å². The highest BCUT2D eigenvalue weighted by Crippen LogP contribution is 2.18. The number of alkyl halides is 3. The Labute approximate surface area is 109 Å². The van der Waals surface area contributed by atoms with E-state index in [0.717, 1.165) is 0 Å². The second-order valence-electron chi connectivity index (χ2n) is 3.50. The van der Waals surface area contributed by atoms with E-state index in [1.54, 1.807) is 18.2 Å². The zero-order chi connectivity index (χ0) is 13.1. The van der Waals surface area contributed by atoms with Gasteiger partial charge in [-0.25, -0.2) is 18.2 Å². The summed E-state index contributed by atoms with van der Waals surface area (Å²) >= 11 is 3.18. The van der Waals surface area contributed by atoms with E-state index in [2.05, 4.69) is 31.1 Å². The summed E-state index contributed by atoms with van der Waals surface area (Å²) in [6.07, 6.45) is -4.09. The van der Waals surface area contributed by atoms with Gasteiger partial charge in [-0.15, -0.1) is 10.2 Å². The number of hydrogen-bond donors (Lipinski definition) is 0. The molecule has 0 radical (unpaired) electrons. The van der Waals surface area contributed by atoms with Gasteiger partial charge in [-0.2, -0.15) is 0 Å². The van der Waals surface area contributed by atoms with Crippen LogP contribution in [-0.2, 0) is 6.54 Å². The van der Waals surface area contributed by atoms with Gasteiger partial charge >= 0.3 is 0 Å². The largest absolute Gasteiger partial charge is 0.309 e. The van der Waals surface area contributed by atoms with E-state index in [-0.39, 0.29) is 5.82 Å². The normalized spacial score (nSPS) is 12.9. The van der Waals surface area contributed by atoms with Crippen molar-refractivity contribution in [2.24, 2.45) is 0 Å². The lowest BCUT2D eigenvalue weighted by Crippen LogP contribution is -2.19. The topological polar surface area (TPSA) is 43.6 Å². The lowest BCUT2D eigenvalue weighted by atomic mass is 10.3. The molecule has 0 aromatic carbocycles. The van der Waals surface area contributed by atoms with Crippen molar-refractivity contribution >= 4 is 15.9 Å². The van der Waals surface area contributed by atoms with Gasteiger partial charge in [-0.3, -0.25) is 0 Å². The molecule has 1 atom stereocenters. The SMILES string of the molecule is FC(F)C(F)Cn1cnnc1-c1cccc(Br)n1. The number of halogens is 4. The molecule has 0 N–H and O–H groups in total. The minimum absolute atomic E-state index is 0.250.